The second kappa shape index (κ2) is 7.00. The number of hydrogen-bond acceptors (Lipinski definition) is 4. The summed E-state index contributed by atoms with van der Waals surface area (Å²) >= 11 is 0. The van der Waals surface area contributed by atoms with Gasteiger partial charge in [0.05, 0.1) is 17.9 Å². The number of carbonyl (C=O) groups excluding carboxylic acids is 1. The van der Waals surface area contributed by atoms with E-state index in [1.54, 1.807) is 36.1 Å². The van der Waals surface area contributed by atoms with E-state index in [0.717, 1.165) is 25.1 Å². The van der Waals surface area contributed by atoms with Crippen LogP contribution in [-0.4, -0.2) is 33.5 Å². The Morgan fingerprint density at radius 3 is 2.78 bits per heavy atom. The van der Waals surface area contributed by atoms with Crippen LogP contribution in [0.15, 0.2) is 41.3 Å². The largest absolute Gasteiger partial charge is 0.381 e. The number of anilines is 1. The van der Waals surface area contributed by atoms with Gasteiger partial charge in [-0.15, -0.1) is 0 Å². The summed E-state index contributed by atoms with van der Waals surface area (Å²) in [4.78, 5) is 25.2. The minimum Gasteiger partial charge on any atom is -0.381 e. The van der Waals surface area contributed by atoms with Crippen LogP contribution in [0.3, 0.4) is 0 Å². The van der Waals surface area contributed by atoms with Crippen LogP contribution in [0.2, 0.25) is 0 Å². The third-order valence-corrected chi connectivity index (χ3v) is 5.05. The molecule has 1 aliphatic heterocycles. The van der Waals surface area contributed by atoms with Crippen molar-refractivity contribution in [1.82, 2.24) is 14.3 Å². The average molecular weight is 366 g/mol. The van der Waals surface area contributed by atoms with Gasteiger partial charge in [0.2, 0.25) is 0 Å². The number of nitrogens with one attached hydrogen (secondary N) is 1. The van der Waals surface area contributed by atoms with Gasteiger partial charge < -0.3 is 14.6 Å². The summed E-state index contributed by atoms with van der Waals surface area (Å²) in [7, 11) is 3.46. The van der Waals surface area contributed by atoms with Crippen molar-refractivity contribution in [2.45, 2.75) is 18.8 Å². The van der Waals surface area contributed by atoms with Crippen molar-refractivity contribution < 1.29 is 9.53 Å². The van der Waals surface area contributed by atoms with E-state index in [-0.39, 0.29) is 17.4 Å². The molecule has 3 heterocycles. The van der Waals surface area contributed by atoms with Gasteiger partial charge in [0.15, 0.2) is 0 Å². The highest BCUT2D eigenvalue weighted by atomic mass is 16.5. The number of rotatable bonds is 3. The topological polar surface area (TPSA) is 78.2 Å². The molecule has 0 radical (unpaired) electrons. The van der Waals surface area contributed by atoms with E-state index in [9.17, 15) is 9.59 Å². The molecule has 1 saturated heterocycles. The maximum Gasteiger partial charge on any atom is 0.258 e. The standard InChI is InChI=1S/C20H22N4O3/c1-23-11-16(14-7-3-4-8-15(14)20(23)26)19(25)21-18-10-17(22-24(18)2)13-6-5-9-27-12-13/h3-4,7-8,10-11,13H,5-6,9,12H2,1-2H3,(H,21,25). The predicted octanol–water partition coefficient (Wildman–Crippen LogP) is 2.42. The Morgan fingerprint density at radius 2 is 2.04 bits per heavy atom. The van der Waals surface area contributed by atoms with E-state index < -0.39 is 0 Å². The van der Waals surface area contributed by atoms with E-state index in [2.05, 4.69) is 10.4 Å². The van der Waals surface area contributed by atoms with Gasteiger partial charge in [0.25, 0.3) is 11.5 Å². The zero-order valence-corrected chi connectivity index (χ0v) is 15.4. The number of fused-ring (bicyclic) bond motifs is 1. The summed E-state index contributed by atoms with van der Waals surface area (Å²) in [5.41, 5.74) is 1.26. The molecule has 7 heteroatoms. The fraction of sp³-hybridized carbons (Fsp3) is 0.350. The maximum atomic E-state index is 12.9. The van der Waals surface area contributed by atoms with Crippen LogP contribution >= 0.6 is 0 Å². The molecule has 1 atom stereocenters. The number of pyridine rings is 1. The molecule has 7 nitrogen and oxygen atoms in total. The highest BCUT2D eigenvalue weighted by Crippen LogP contribution is 2.26. The third-order valence-electron chi connectivity index (χ3n) is 5.05. The highest BCUT2D eigenvalue weighted by Gasteiger charge is 2.21. The maximum absolute atomic E-state index is 12.9. The second-order valence-electron chi connectivity index (χ2n) is 6.95. The van der Waals surface area contributed by atoms with Gasteiger partial charge in [-0.25, -0.2) is 0 Å². The van der Waals surface area contributed by atoms with Crippen molar-refractivity contribution in [3.05, 3.63) is 58.1 Å². The molecule has 27 heavy (non-hydrogen) atoms. The van der Waals surface area contributed by atoms with Gasteiger partial charge in [-0.3, -0.25) is 14.3 Å². The Hall–Kier alpha value is -2.93. The molecule has 1 amide bonds. The molecule has 1 N–H and O–H groups in total. The Balaban J connectivity index is 1.65. The lowest BCUT2D eigenvalue weighted by atomic mass is 9.99. The number of amides is 1. The summed E-state index contributed by atoms with van der Waals surface area (Å²) in [5, 5.41) is 8.64. The third kappa shape index (κ3) is 3.26. The Morgan fingerprint density at radius 1 is 1.26 bits per heavy atom. The number of hydrogen-bond donors (Lipinski definition) is 1. The van der Waals surface area contributed by atoms with Crippen LogP contribution in [0.5, 0.6) is 0 Å². The quantitative estimate of drug-likeness (QED) is 0.772. The number of nitrogens with zero attached hydrogens (tertiary/aromatic N) is 3. The highest BCUT2D eigenvalue weighted by molar-refractivity contribution is 6.12. The second-order valence-corrected chi connectivity index (χ2v) is 6.95. The number of carbonyl (C=O) groups is 1. The zero-order chi connectivity index (χ0) is 19.0. The van der Waals surface area contributed by atoms with Crippen molar-refractivity contribution in [1.29, 1.82) is 0 Å². The van der Waals surface area contributed by atoms with Crippen LogP contribution in [0.4, 0.5) is 5.82 Å². The van der Waals surface area contributed by atoms with Crippen molar-refractivity contribution in [3.63, 3.8) is 0 Å². The molecular formula is C20H22N4O3. The van der Waals surface area contributed by atoms with Gasteiger partial charge in [-0.2, -0.15) is 5.10 Å². The molecule has 1 unspecified atom stereocenters. The first-order valence-electron chi connectivity index (χ1n) is 9.06. The van der Waals surface area contributed by atoms with E-state index in [4.69, 9.17) is 4.74 Å². The molecule has 3 aromatic rings. The summed E-state index contributed by atoms with van der Waals surface area (Å²) in [6, 6.07) is 9.05. The summed E-state index contributed by atoms with van der Waals surface area (Å²) in [6.45, 7) is 1.46. The van der Waals surface area contributed by atoms with Crippen LogP contribution in [0, 0.1) is 0 Å². The summed E-state index contributed by atoms with van der Waals surface area (Å²) in [5.74, 6) is 0.615. The average Bonchev–Trinajstić information content (AvgIpc) is 3.06. The minimum absolute atomic E-state index is 0.123. The molecule has 140 valence electrons. The Labute approximate surface area is 156 Å². The summed E-state index contributed by atoms with van der Waals surface area (Å²) in [6.07, 6.45) is 3.63. The van der Waals surface area contributed by atoms with Crippen LogP contribution in [-0.2, 0) is 18.8 Å². The fourth-order valence-corrected chi connectivity index (χ4v) is 3.56. The Bertz CT molecular complexity index is 1060. The van der Waals surface area contributed by atoms with E-state index in [1.165, 1.54) is 4.57 Å². The summed E-state index contributed by atoms with van der Waals surface area (Å²) < 4.78 is 8.65. The van der Waals surface area contributed by atoms with Crippen LogP contribution < -0.4 is 10.9 Å². The molecular weight excluding hydrogens is 344 g/mol. The molecule has 0 bridgehead atoms. The lowest BCUT2D eigenvalue weighted by Gasteiger charge is -2.19. The van der Waals surface area contributed by atoms with Crippen LogP contribution in [0.25, 0.3) is 10.8 Å². The van der Waals surface area contributed by atoms with Crippen molar-refractivity contribution >= 4 is 22.5 Å². The molecule has 1 aromatic carbocycles. The number of aromatic nitrogens is 3. The van der Waals surface area contributed by atoms with Crippen molar-refractivity contribution in [2.24, 2.45) is 14.1 Å². The molecule has 0 aliphatic carbocycles. The molecule has 1 aliphatic rings. The number of aryl methyl sites for hydroxylation is 2. The first kappa shape index (κ1) is 17.5. The zero-order valence-electron chi connectivity index (χ0n) is 15.4. The first-order valence-corrected chi connectivity index (χ1v) is 9.06. The van der Waals surface area contributed by atoms with Gasteiger partial charge in [-0.05, 0) is 18.9 Å². The fourth-order valence-electron chi connectivity index (χ4n) is 3.56. The lowest BCUT2D eigenvalue weighted by molar-refractivity contribution is 0.0791. The number of benzene rings is 1. The molecule has 0 spiro atoms. The SMILES string of the molecule is Cn1nc(C2CCCOC2)cc1NC(=O)c1cn(C)c(=O)c2ccccc12. The lowest BCUT2D eigenvalue weighted by Crippen LogP contribution is -2.22. The smallest absolute Gasteiger partial charge is 0.258 e. The molecule has 1 fully saturated rings. The van der Waals surface area contributed by atoms with Crippen LogP contribution in [0.1, 0.15) is 34.8 Å². The van der Waals surface area contributed by atoms with Crippen molar-refractivity contribution in [3.8, 4) is 0 Å². The van der Waals surface area contributed by atoms with Crippen molar-refractivity contribution in [2.75, 3.05) is 18.5 Å². The van der Waals surface area contributed by atoms with Gasteiger partial charge >= 0.3 is 0 Å². The Kier molecular flexibility index (Phi) is 4.53. The predicted molar refractivity (Wildman–Crippen MR) is 103 cm³/mol. The van der Waals surface area contributed by atoms with E-state index >= 15 is 0 Å². The van der Waals surface area contributed by atoms with Gasteiger partial charge in [0.1, 0.15) is 5.82 Å². The first-order chi connectivity index (χ1) is 13.0. The molecule has 2 aromatic heterocycles. The number of ether oxygens (including phenoxy) is 1. The van der Waals surface area contributed by atoms with E-state index in [0.29, 0.717) is 28.8 Å². The molecule has 4 rings (SSSR count). The minimum atomic E-state index is -0.267. The van der Waals surface area contributed by atoms with Gasteiger partial charge in [0, 0.05) is 49.7 Å². The normalized spacial score (nSPS) is 17.2. The molecule has 0 saturated carbocycles. The van der Waals surface area contributed by atoms with E-state index in [1.807, 2.05) is 19.2 Å². The monoisotopic (exact) mass is 366 g/mol. The van der Waals surface area contributed by atoms with Gasteiger partial charge in [-0.1, -0.05) is 18.2 Å².